The van der Waals surface area contributed by atoms with E-state index in [9.17, 15) is 18.0 Å². The number of nitrogens with one attached hydrogen (secondary N) is 2. The highest BCUT2D eigenvalue weighted by atomic mass is 19.4. The maximum atomic E-state index is 12.8. The van der Waals surface area contributed by atoms with Gasteiger partial charge in [0.25, 0.3) is 5.91 Å². The minimum absolute atomic E-state index is 0.272. The van der Waals surface area contributed by atoms with Crippen LogP contribution in [0.5, 0.6) is 11.5 Å². The summed E-state index contributed by atoms with van der Waals surface area (Å²) < 4.78 is 70.3. The first-order valence-electron chi connectivity index (χ1n) is 16.4. The first kappa shape index (κ1) is 37.6. The van der Waals surface area contributed by atoms with Crippen molar-refractivity contribution in [3.8, 4) is 22.8 Å². The lowest BCUT2D eigenvalue weighted by atomic mass is 9.79. The summed E-state index contributed by atoms with van der Waals surface area (Å²) in [4.78, 5) is 21.2. The molecular weight excluding hydrogens is 668 g/mol. The number of anilines is 2. The van der Waals surface area contributed by atoms with Crippen LogP contribution in [0.1, 0.15) is 38.1 Å². The molecule has 270 valence electrons. The topological polar surface area (TPSA) is 122 Å². The molecule has 0 bridgehead atoms. The summed E-state index contributed by atoms with van der Waals surface area (Å²) in [6.07, 6.45) is -3.42. The summed E-state index contributed by atoms with van der Waals surface area (Å²) in [6, 6.07) is 21.5. The summed E-state index contributed by atoms with van der Waals surface area (Å²) in [7, 11) is -0.419. The second-order valence-corrected chi connectivity index (χ2v) is 12.6. The van der Waals surface area contributed by atoms with Gasteiger partial charge in [-0.2, -0.15) is 0 Å². The molecule has 1 amide bonds. The molecule has 0 saturated carbocycles. The van der Waals surface area contributed by atoms with Gasteiger partial charge >= 0.3 is 13.5 Å². The van der Waals surface area contributed by atoms with Gasteiger partial charge in [-0.1, -0.05) is 24.3 Å². The molecule has 1 fully saturated rings. The zero-order valence-corrected chi connectivity index (χ0v) is 28.8. The largest absolute Gasteiger partial charge is 0.573 e. The molecule has 11 nitrogen and oxygen atoms in total. The van der Waals surface area contributed by atoms with Crippen LogP contribution in [0, 0.1) is 0 Å². The number of benzene rings is 3. The van der Waals surface area contributed by atoms with E-state index in [0.29, 0.717) is 67.9 Å². The Morgan fingerprint density at radius 3 is 2.14 bits per heavy atom. The van der Waals surface area contributed by atoms with E-state index in [-0.39, 0.29) is 11.7 Å². The summed E-state index contributed by atoms with van der Waals surface area (Å²) in [5.41, 5.74) is 2.30. The fourth-order valence-electron chi connectivity index (χ4n) is 4.87. The number of hydrogen-bond acceptors (Lipinski definition) is 10. The highest BCUT2D eigenvalue weighted by Gasteiger charge is 2.51. The molecule has 1 aromatic heterocycles. The standard InChI is InChI=1S/C36H40BF3N4O7/c1-34(2)35(3,4)51-37(50-34)27-8-12-29(13-9-27)48-21-20-47-19-18-46-17-16-41-33(45)26-7-5-6-25(22-26)31-23-32(43-24-42-31)44-28-10-14-30(15-11-28)49-36(38,39)40/h5-15,22-24H,16-21H2,1-4H3,(H,41,45)(H,42,43,44). The molecule has 2 N–H and O–H groups in total. The number of hydrogen-bond donors (Lipinski definition) is 2. The van der Waals surface area contributed by atoms with Crippen molar-refractivity contribution < 1.29 is 46.2 Å². The Kier molecular flexibility index (Phi) is 12.2. The van der Waals surface area contributed by atoms with Gasteiger partial charge in [0.1, 0.15) is 30.3 Å². The molecule has 1 saturated heterocycles. The fraction of sp³-hybridized carbons (Fsp3) is 0.361. The molecule has 51 heavy (non-hydrogen) atoms. The zero-order chi connectivity index (χ0) is 36.5. The number of aromatic nitrogens is 2. The number of ether oxygens (including phenoxy) is 4. The van der Waals surface area contributed by atoms with Crippen molar-refractivity contribution in [3.63, 3.8) is 0 Å². The molecule has 15 heteroatoms. The molecule has 0 aliphatic carbocycles. The Hall–Kier alpha value is -4.70. The van der Waals surface area contributed by atoms with Crippen molar-refractivity contribution in [1.82, 2.24) is 15.3 Å². The van der Waals surface area contributed by atoms with E-state index in [1.54, 1.807) is 30.3 Å². The average molecular weight is 709 g/mol. The molecule has 2 heterocycles. The molecule has 3 aromatic carbocycles. The third kappa shape index (κ3) is 10.9. The van der Waals surface area contributed by atoms with Gasteiger partial charge in [0.15, 0.2) is 0 Å². The summed E-state index contributed by atoms with van der Waals surface area (Å²) >= 11 is 0. The average Bonchev–Trinajstić information content (AvgIpc) is 3.32. The van der Waals surface area contributed by atoms with Crippen LogP contribution in [0.25, 0.3) is 11.3 Å². The van der Waals surface area contributed by atoms with Gasteiger partial charge in [0.2, 0.25) is 0 Å². The molecule has 0 atom stereocenters. The summed E-state index contributed by atoms with van der Waals surface area (Å²) in [5.74, 6) is 0.535. The van der Waals surface area contributed by atoms with Crippen molar-refractivity contribution in [2.75, 3.05) is 44.9 Å². The van der Waals surface area contributed by atoms with Crippen LogP contribution in [0.15, 0.2) is 85.2 Å². The highest BCUT2D eigenvalue weighted by Crippen LogP contribution is 2.36. The third-order valence-corrected chi connectivity index (χ3v) is 8.25. The molecule has 0 spiro atoms. The number of rotatable bonds is 16. The highest BCUT2D eigenvalue weighted by molar-refractivity contribution is 6.62. The number of halogens is 3. The van der Waals surface area contributed by atoms with Crippen LogP contribution in [0.3, 0.4) is 0 Å². The normalized spacial score (nSPS) is 15.0. The first-order chi connectivity index (χ1) is 24.3. The van der Waals surface area contributed by atoms with Crippen LogP contribution >= 0.6 is 0 Å². The van der Waals surface area contributed by atoms with Gasteiger partial charge in [0.05, 0.1) is 43.3 Å². The van der Waals surface area contributed by atoms with E-state index in [2.05, 4.69) is 25.3 Å². The van der Waals surface area contributed by atoms with E-state index in [1.807, 2.05) is 52.0 Å². The first-order valence-corrected chi connectivity index (χ1v) is 16.4. The molecule has 0 radical (unpaired) electrons. The van der Waals surface area contributed by atoms with Crippen molar-refractivity contribution in [2.45, 2.75) is 45.3 Å². The van der Waals surface area contributed by atoms with Gasteiger partial charge < -0.3 is 38.9 Å². The van der Waals surface area contributed by atoms with Crippen LogP contribution in [-0.2, 0) is 18.8 Å². The quantitative estimate of drug-likeness (QED) is 0.107. The zero-order valence-electron chi connectivity index (χ0n) is 28.8. The Balaban J connectivity index is 0.960. The second kappa shape index (κ2) is 16.5. The predicted molar refractivity (Wildman–Crippen MR) is 185 cm³/mol. The predicted octanol–water partition coefficient (Wildman–Crippen LogP) is 5.93. The SMILES string of the molecule is CC1(C)OB(c2ccc(OCCOCCOCCNC(=O)c3cccc(-c4cc(Nc5ccc(OC(F)(F)F)cc5)ncn4)c3)cc2)OC1(C)C. The van der Waals surface area contributed by atoms with Crippen molar-refractivity contribution >= 4 is 30.0 Å². The summed E-state index contributed by atoms with van der Waals surface area (Å²) in [6.45, 7) is 10.2. The van der Waals surface area contributed by atoms with E-state index in [4.69, 9.17) is 23.5 Å². The number of alkyl halides is 3. The minimum atomic E-state index is -4.77. The molecule has 0 unspecified atom stereocenters. The van der Waals surface area contributed by atoms with Crippen LogP contribution in [0.2, 0.25) is 0 Å². The monoisotopic (exact) mass is 708 g/mol. The van der Waals surface area contributed by atoms with Gasteiger partial charge in [-0.15, -0.1) is 13.2 Å². The number of carbonyl (C=O) groups is 1. The summed E-state index contributed by atoms with van der Waals surface area (Å²) in [5, 5.41) is 5.85. The third-order valence-electron chi connectivity index (χ3n) is 8.25. The van der Waals surface area contributed by atoms with Crippen LogP contribution in [-0.4, -0.2) is 80.1 Å². The van der Waals surface area contributed by atoms with Gasteiger partial charge in [-0.3, -0.25) is 4.79 Å². The van der Waals surface area contributed by atoms with E-state index < -0.39 is 24.7 Å². The van der Waals surface area contributed by atoms with Gasteiger partial charge in [-0.25, -0.2) is 9.97 Å². The van der Waals surface area contributed by atoms with Crippen molar-refractivity contribution in [3.05, 3.63) is 90.8 Å². The van der Waals surface area contributed by atoms with Gasteiger partial charge in [-0.05, 0) is 81.7 Å². The van der Waals surface area contributed by atoms with E-state index >= 15 is 0 Å². The number of nitrogens with zero attached hydrogens (tertiary/aromatic N) is 2. The Morgan fingerprint density at radius 1 is 0.804 bits per heavy atom. The van der Waals surface area contributed by atoms with E-state index in [1.165, 1.54) is 30.6 Å². The lowest BCUT2D eigenvalue weighted by Crippen LogP contribution is -2.41. The van der Waals surface area contributed by atoms with Crippen LogP contribution in [0.4, 0.5) is 24.7 Å². The molecule has 1 aliphatic rings. The smallest absolute Gasteiger partial charge is 0.491 e. The fourth-order valence-corrected chi connectivity index (χ4v) is 4.87. The lowest BCUT2D eigenvalue weighted by Gasteiger charge is -2.32. The Labute approximate surface area is 294 Å². The molecule has 5 rings (SSSR count). The van der Waals surface area contributed by atoms with Crippen molar-refractivity contribution in [2.24, 2.45) is 0 Å². The number of amides is 1. The molecule has 4 aromatic rings. The minimum Gasteiger partial charge on any atom is -0.491 e. The maximum Gasteiger partial charge on any atom is 0.573 e. The van der Waals surface area contributed by atoms with Crippen molar-refractivity contribution in [1.29, 1.82) is 0 Å². The molecule has 1 aliphatic heterocycles. The van der Waals surface area contributed by atoms with Crippen LogP contribution < -0.4 is 25.6 Å². The van der Waals surface area contributed by atoms with Gasteiger partial charge in [0, 0.05) is 29.4 Å². The molecular formula is C36H40BF3N4O7. The lowest BCUT2D eigenvalue weighted by molar-refractivity contribution is -0.274. The van der Waals surface area contributed by atoms with E-state index in [0.717, 1.165) is 11.2 Å². The second-order valence-electron chi connectivity index (χ2n) is 12.6. The maximum absolute atomic E-state index is 12.8. The Bertz CT molecular complexity index is 1730. The number of carbonyl (C=O) groups excluding carboxylic acids is 1. The Morgan fingerprint density at radius 2 is 1.45 bits per heavy atom.